The van der Waals surface area contributed by atoms with E-state index in [1.807, 2.05) is 4.90 Å². The SMILES string of the molecule is O=C(CC1(C(=O)NC2CCCCC2)CCCC1)N1CCOCC1. The lowest BCUT2D eigenvalue weighted by Gasteiger charge is -2.34. The Morgan fingerprint density at radius 3 is 2.30 bits per heavy atom. The molecule has 1 N–H and O–H groups in total. The lowest BCUT2D eigenvalue weighted by molar-refractivity contribution is -0.144. The van der Waals surface area contributed by atoms with Gasteiger partial charge >= 0.3 is 0 Å². The first-order valence-corrected chi connectivity index (χ1v) is 9.36. The zero-order valence-electron chi connectivity index (χ0n) is 14.1. The Morgan fingerprint density at radius 1 is 1.00 bits per heavy atom. The first kappa shape index (κ1) is 16.7. The monoisotopic (exact) mass is 322 g/mol. The van der Waals surface area contributed by atoms with Gasteiger partial charge in [0.05, 0.1) is 18.6 Å². The maximum Gasteiger partial charge on any atom is 0.226 e. The van der Waals surface area contributed by atoms with Gasteiger partial charge in [-0.15, -0.1) is 0 Å². The lowest BCUT2D eigenvalue weighted by atomic mass is 9.80. The number of hydrogen-bond donors (Lipinski definition) is 1. The zero-order chi connectivity index (χ0) is 16.1. The van der Waals surface area contributed by atoms with Crippen LogP contribution in [-0.2, 0) is 14.3 Å². The normalized spacial score (nSPS) is 25.3. The molecule has 0 aromatic carbocycles. The van der Waals surface area contributed by atoms with Gasteiger partial charge in [0, 0.05) is 25.6 Å². The van der Waals surface area contributed by atoms with Crippen LogP contribution in [0.2, 0.25) is 0 Å². The average molecular weight is 322 g/mol. The summed E-state index contributed by atoms with van der Waals surface area (Å²) in [5.41, 5.74) is -0.452. The van der Waals surface area contributed by atoms with Gasteiger partial charge < -0.3 is 15.0 Å². The van der Waals surface area contributed by atoms with E-state index in [4.69, 9.17) is 4.74 Å². The van der Waals surface area contributed by atoms with Crippen molar-refractivity contribution in [2.24, 2.45) is 5.41 Å². The number of nitrogens with one attached hydrogen (secondary N) is 1. The van der Waals surface area contributed by atoms with Crippen LogP contribution in [-0.4, -0.2) is 49.1 Å². The molecule has 23 heavy (non-hydrogen) atoms. The molecule has 3 aliphatic rings. The second-order valence-electron chi connectivity index (χ2n) is 7.47. The van der Waals surface area contributed by atoms with Crippen molar-refractivity contribution in [3.63, 3.8) is 0 Å². The van der Waals surface area contributed by atoms with E-state index < -0.39 is 5.41 Å². The number of hydrogen-bond acceptors (Lipinski definition) is 3. The van der Waals surface area contributed by atoms with Crippen molar-refractivity contribution in [1.29, 1.82) is 0 Å². The molecule has 3 fully saturated rings. The van der Waals surface area contributed by atoms with Gasteiger partial charge in [-0.25, -0.2) is 0 Å². The van der Waals surface area contributed by atoms with E-state index in [-0.39, 0.29) is 11.8 Å². The van der Waals surface area contributed by atoms with Crippen LogP contribution in [0.5, 0.6) is 0 Å². The van der Waals surface area contributed by atoms with E-state index in [0.717, 1.165) is 38.5 Å². The number of rotatable bonds is 4. The summed E-state index contributed by atoms with van der Waals surface area (Å²) in [6.45, 7) is 2.57. The van der Waals surface area contributed by atoms with E-state index in [2.05, 4.69) is 5.32 Å². The van der Waals surface area contributed by atoms with E-state index in [1.54, 1.807) is 0 Å². The van der Waals surface area contributed by atoms with E-state index in [9.17, 15) is 9.59 Å². The minimum absolute atomic E-state index is 0.133. The zero-order valence-corrected chi connectivity index (χ0v) is 14.1. The summed E-state index contributed by atoms with van der Waals surface area (Å²) >= 11 is 0. The molecule has 2 aliphatic carbocycles. The summed E-state index contributed by atoms with van der Waals surface area (Å²) in [5, 5.41) is 3.28. The summed E-state index contributed by atoms with van der Waals surface area (Å²) in [6.07, 6.45) is 10.1. The molecule has 1 heterocycles. The highest BCUT2D eigenvalue weighted by Crippen LogP contribution is 2.42. The summed E-state index contributed by atoms with van der Waals surface area (Å²) in [7, 11) is 0. The smallest absolute Gasteiger partial charge is 0.226 e. The Morgan fingerprint density at radius 2 is 1.65 bits per heavy atom. The molecule has 0 unspecified atom stereocenters. The quantitative estimate of drug-likeness (QED) is 0.863. The van der Waals surface area contributed by atoms with Crippen LogP contribution in [0.25, 0.3) is 0 Å². The van der Waals surface area contributed by atoms with Crippen molar-refractivity contribution in [1.82, 2.24) is 10.2 Å². The molecule has 0 spiro atoms. The van der Waals surface area contributed by atoms with E-state index >= 15 is 0 Å². The fourth-order valence-electron chi connectivity index (χ4n) is 4.34. The fraction of sp³-hybridized carbons (Fsp3) is 0.889. The third-order valence-electron chi connectivity index (χ3n) is 5.84. The van der Waals surface area contributed by atoms with Crippen LogP contribution in [0.3, 0.4) is 0 Å². The van der Waals surface area contributed by atoms with Gasteiger partial charge in [-0.2, -0.15) is 0 Å². The third kappa shape index (κ3) is 4.06. The minimum Gasteiger partial charge on any atom is -0.378 e. The summed E-state index contributed by atoms with van der Waals surface area (Å²) in [6, 6.07) is 0.326. The summed E-state index contributed by atoms with van der Waals surface area (Å²) in [5.74, 6) is 0.275. The van der Waals surface area contributed by atoms with Crippen molar-refractivity contribution < 1.29 is 14.3 Å². The Balaban J connectivity index is 1.61. The largest absolute Gasteiger partial charge is 0.378 e. The number of nitrogens with zero attached hydrogens (tertiary/aromatic N) is 1. The van der Waals surface area contributed by atoms with Gasteiger partial charge in [0.15, 0.2) is 0 Å². The molecule has 3 rings (SSSR count). The van der Waals surface area contributed by atoms with Gasteiger partial charge in [-0.3, -0.25) is 9.59 Å². The molecule has 0 bridgehead atoms. The van der Waals surface area contributed by atoms with E-state index in [0.29, 0.717) is 38.8 Å². The van der Waals surface area contributed by atoms with Crippen molar-refractivity contribution in [3.8, 4) is 0 Å². The predicted molar refractivity (Wildman–Crippen MR) is 87.9 cm³/mol. The van der Waals surface area contributed by atoms with E-state index in [1.165, 1.54) is 19.3 Å². The molecule has 1 aliphatic heterocycles. The topological polar surface area (TPSA) is 58.6 Å². The van der Waals surface area contributed by atoms with Gasteiger partial charge in [0.25, 0.3) is 0 Å². The molecule has 0 aromatic rings. The van der Waals surface area contributed by atoms with Crippen LogP contribution in [0, 0.1) is 5.41 Å². The number of carbonyl (C=O) groups is 2. The highest BCUT2D eigenvalue weighted by atomic mass is 16.5. The molecule has 5 heteroatoms. The minimum atomic E-state index is -0.452. The number of morpholine rings is 1. The van der Waals surface area contributed by atoms with Crippen molar-refractivity contribution in [2.45, 2.75) is 70.3 Å². The van der Waals surface area contributed by atoms with Crippen LogP contribution < -0.4 is 5.32 Å². The predicted octanol–water partition coefficient (Wildman–Crippen LogP) is 2.24. The molecule has 130 valence electrons. The maximum atomic E-state index is 12.9. The Labute approximate surface area is 139 Å². The van der Waals surface area contributed by atoms with Gasteiger partial charge in [0.1, 0.15) is 0 Å². The fourth-order valence-corrected chi connectivity index (χ4v) is 4.34. The molecule has 0 radical (unpaired) electrons. The Hall–Kier alpha value is -1.10. The highest BCUT2D eigenvalue weighted by molar-refractivity contribution is 5.89. The molecule has 2 amide bonds. The second kappa shape index (κ2) is 7.65. The molecule has 1 saturated heterocycles. The van der Waals surface area contributed by atoms with Crippen LogP contribution in [0.4, 0.5) is 0 Å². The summed E-state index contributed by atoms with van der Waals surface area (Å²) < 4.78 is 5.32. The van der Waals surface area contributed by atoms with Crippen LogP contribution in [0.15, 0.2) is 0 Å². The van der Waals surface area contributed by atoms with Gasteiger partial charge in [-0.05, 0) is 25.7 Å². The van der Waals surface area contributed by atoms with Crippen molar-refractivity contribution in [2.75, 3.05) is 26.3 Å². The number of carbonyl (C=O) groups excluding carboxylic acids is 2. The number of ether oxygens (including phenoxy) is 1. The first-order chi connectivity index (χ1) is 11.2. The Kier molecular flexibility index (Phi) is 5.57. The maximum absolute atomic E-state index is 12.9. The lowest BCUT2D eigenvalue weighted by Crippen LogP contribution is -2.49. The average Bonchev–Trinajstić information content (AvgIpc) is 3.06. The molecular weight excluding hydrogens is 292 g/mol. The Bertz CT molecular complexity index is 420. The van der Waals surface area contributed by atoms with Gasteiger partial charge in [0.2, 0.25) is 11.8 Å². The standard InChI is InChI=1S/C18H30N2O3/c21-16(20-10-12-23-13-11-20)14-18(8-4-5-9-18)17(22)19-15-6-2-1-3-7-15/h15H,1-14H2,(H,19,22). The van der Waals surface area contributed by atoms with Crippen LogP contribution in [0.1, 0.15) is 64.2 Å². The van der Waals surface area contributed by atoms with Crippen molar-refractivity contribution in [3.05, 3.63) is 0 Å². The second-order valence-corrected chi connectivity index (χ2v) is 7.47. The van der Waals surface area contributed by atoms with Crippen molar-refractivity contribution >= 4 is 11.8 Å². The first-order valence-electron chi connectivity index (χ1n) is 9.36. The summed E-state index contributed by atoms with van der Waals surface area (Å²) in [4.78, 5) is 27.5. The molecular formula is C18H30N2O3. The van der Waals surface area contributed by atoms with Crippen LogP contribution >= 0.6 is 0 Å². The third-order valence-corrected chi connectivity index (χ3v) is 5.84. The number of amides is 2. The van der Waals surface area contributed by atoms with Gasteiger partial charge in [-0.1, -0.05) is 32.1 Å². The molecule has 5 nitrogen and oxygen atoms in total. The molecule has 0 atom stereocenters. The molecule has 0 aromatic heterocycles. The highest BCUT2D eigenvalue weighted by Gasteiger charge is 2.44. The molecule has 2 saturated carbocycles.